The smallest absolute Gasteiger partial charge is 0.264 e. The Morgan fingerprint density at radius 1 is 0.929 bits per heavy atom. The molecule has 42 heavy (non-hydrogen) atoms. The number of hydrogen-bond donors (Lipinski definition) is 1. The summed E-state index contributed by atoms with van der Waals surface area (Å²) in [6.45, 7) is 6.75. The van der Waals surface area contributed by atoms with Crippen LogP contribution in [0.3, 0.4) is 0 Å². The number of nitrogens with one attached hydrogen (secondary N) is 1. The van der Waals surface area contributed by atoms with E-state index in [1.54, 1.807) is 61.5 Å². The van der Waals surface area contributed by atoms with Gasteiger partial charge in [0.1, 0.15) is 18.3 Å². The van der Waals surface area contributed by atoms with E-state index in [4.69, 9.17) is 27.9 Å². The second kappa shape index (κ2) is 14.8. The average Bonchev–Trinajstić information content (AvgIpc) is 2.97. The molecule has 2 atom stereocenters. The molecule has 1 N–H and O–H groups in total. The van der Waals surface area contributed by atoms with Crippen molar-refractivity contribution >= 4 is 50.7 Å². The number of nitrogens with zero attached hydrogens (tertiary/aromatic N) is 2. The van der Waals surface area contributed by atoms with Crippen molar-refractivity contribution in [2.24, 2.45) is 0 Å². The number of hydrogen-bond acceptors (Lipinski definition) is 5. The highest BCUT2D eigenvalue weighted by Gasteiger charge is 2.35. The second-order valence-corrected chi connectivity index (χ2v) is 12.6. The predicted molar refractivity (Wildman–Crippen MR) is 168 cm³/mol. The molecule has 11 heteroatoms. The molecule has 8 nitrogen and oxygen atoms in total. The molecule has 0 spiro atoms. The summed E-state index contributed by atoms with van der Waals surface area (Å²) in [6.07, 6.45) is 0.971. The van der Waals surface area contributed by atoms with E-state index in [-0.39, 0.29) is 41.2 Å². The van der Waals surface area contributed by atoms with Gasteiger partial charge in [0.05, 0.1) is 17.7 Å². The Balaban J connectivity index is 2.14. The molecular formula is C31H37Cl2N3O5S. The van der Waals surface area contributed by atoms with Gasteiger partial charge < -0.3 is 15.0 Å². The molecule has 3 aromatic carbocycles. The van der Waals surface area contributed by atoms with Crippen molar-refractivity contribution in [3.05, 3.63) is 87.9 Å². The van der Waals surface area contributed by atoms with Gasteiger partial charge in [-0.05, 0) is 63.1 Å². The number of rotatable bonds is 13. The van der Waals surface area contributed by atoms with E-state index in [2.05, 4.69) is 5.32 Å². The molecule has 0 saturated carbocycles. The molecule has 0 aliphatic rings. The Hall–Kier alpha value is -3.27. The Labute approximate surface area is 258 Å². The number of methoxy groups -OCH3 is 1. The summed E-state index contributed by atoms with van der Waals surface area (Å²) >= 11 is 12.9. The summed E-state index contributed by atoms with van der Waals surface area (Å²) < 4.78 is 34.6. The average molecular weight is 635 g/mol. The number of ether oxygens (including phenoxy) is 1. The maximum Gasteiger partial charge on any atom is 0.264 e. The number of halogens is 2. The van der Waals surface area contributed by atoms with Gasteiger partial charge in [0.15, 0.2) is 0 Å². The van der Waals surface area contributed by atoms with Crippen LogP contribution in [-0.4, -0.2) is 50.9 Å². The summed E-state index contributed by atoms with van der Waals surface area (Å²) in [5, 5.41) is 3.60. The standard InChI is InChI=1S/C31H37Cl2N3O5S/c1-6-22(4)34-31(38)27(7-2)35(19-24-25(32)11-10-12-26(24)33)30(37)20-36(28-13-8-9-14-29(28)41-5)42(39,40)23-17-15-21(3)16-18-23/h8-18,22,27H,6-7,19-20H2,1-5H3,(H,34,38). The molecule has 0 aliphatic heterocycles. The van der Waals surface area contributed by atoms with Crippen LogP contribution in [0.15, 0.2) is 71.6 Å². The molecule has 0 saturated heterocycles. The summed E-state index contributed by atoms with van der Waals surface area (Å²) in [7, 11) is -2.82. The van der Waals surface area contributed by atoms with Crippen molar-refractivity contribution in [3.63, 3.8) is 0 Å². The van der Waals surface area contributed by atoms with Crippen LogP contribution in [0.1, 0.15) is 44.7 Å². The Morgan fingerprint density at radius 2 is 1.55 bits per heavy atom. The minimum Gasteiger partial charge on any atom is -0.495 e. The maximum absolute atomic E-state index is 14.3. The largest absolute Gasteiger partial charge is 0.495 e. The summed E-state index contributed by atoms with van der Waals surface area (Å²) in [4.78, 5) is 29.0. The first-order valence-electron chi connectivity index (χ1n) is 13.7. The molecule has 0 aliphatic carbocycles. The topological polar surface area (TPSA) is 96.0 Å². The monoisotopic (exact) mass is 633 g/mol. The first-order chi connectivity index (χ1) is 19.9. The molecular weight excluding hydrogens is 597 g/mol. The molecule has 0 aromatic heterocycles. The third kappa shape index (κ3) is 7.76. The molecule has 3 aromatic rings. The Kier molecular flexibility index (Phi) is 11.7. The van der Waals surface area contributed by atoms with Crippen LogP contribution < -0.4 is 14.4 Å². The molecule has 3 rings (SSSR count). The van der Waals surface area contributed by atoms with E-state index < -0.39 is 28.5 Å². The van der Waals surface area contributed by atoms with Gasteiger partial charge in [-0.3, -0.25) is 13.9 Å². The molecule has 226 valence electrons. The number of amides is 2. The lowest BCUT2D eigenvalue weighted by molar-refractivity contribution is -0.140. The van der Waals surface area contributed by atoms with Gasteiger partial charge in [-0.1, -0.05) is 72.9 Å². The molecule has 2 unspecified atom stereocenters. The fourth-order valence-electron chi connectivity index (χ4n) is 4.40. The maximum atomic E-state index is 14.3. The van der Waals surface area contributed by atoms with Gasteiger partial charge in [-0.15, -0.1) is 0 Å². The highest BCUT2D eigenvalue weighted by atomic mass is 35.5. The fourth-order valence-corrected chi connectivity index (χ4v) is 6.34. The minimum absolute atomic E-state index is 0.00839. The molecule has 0 bridgehead atoms. The third-order valence-electron chi connectivity index (χ3n) is 7.02. The van der Waals surface area contributed by atoms with Crippen molar-refractivity contribution < 1.29 is 22.7 Å². The summed E-state index contributed by atoms with van der Waals surface area (Å²) in [5.74, 6) is -0.699. The fraction of sp³-hybridized carbons (Fsp3) is 0.355. The van der Waals surface area contributed by atoms with Gasteiger partial charge >= 0.3 is 0 Å². The van der Waals surface area contributed by atoms with E-state index in [0.717, 1.165) is 9.87 Å². The SMILES string of the molecule is CCC(C)NC(=O)C(CC)N(Cc1c(Cl)cccc1Cl)C(=O)CN(c1ccccc1OC)S(=O)(=O)c1ccc(C)cc1. The zero-order valence-corrected chi connectivity index (χ0v) is 26.8. The first-order valence-corrected chi connectivity index (χ1v) is 15.9. The van der Waals surface area contributed by atoms with Crippen molar-refractivity contribution in [1.29, 1.82) is 0 Å². The number of aryl methyl sites for hydroxylation is 1. The zero-order chi connectivity index (χ0) is 31.0. The number of para-hydroxylation sites is 2. The van der Waals surface area contributed by atoms with Crippen molar-refractivity contribution in [2.75, 3.05) is 18.0 Å². The van der Waals surface area contributed by atoms with Crippen LogP contribution in [0.5, 0.6) is 5.75 Å². The van der Waals surface area contributed by atoms with Gasteiger partial charge in [0, 0.05) is 28.2 Å². The van der Waals surface area contributed by atoms with Crippen molar-refractivity contribution in [2.45, 2.75) is 64.1 Å². The lowest BCUT2D eigenvalue weighted by Crippen LogP contribution is -2.53. The van der Waals surface area contributed by atoms with Crippen LogP contribution in [0.25, 0.3) is 0 Å². The van der Waals surface area contributed by atoms with E-state index >= 15 is 0 Å². The number of sulfonamides is 1. The zero-order valence-electron chi connectivity index (χ0n) is 24.4. The van der Waals surface area contributed by atoms with Gasteiger partial charge in [0.2, 0.25) is 11.8 Å². The second-order valence-electron chi connectivity index (χ2n) is 9.96. The highest BCUT2D eigenvalue weighted by molar-refractivity contribution is 7.92. The van der Waals surface area contributed by atoms with Gasteiger partial charge in [-0.2, -0.15) is 0 Å². The number of carbonyl (C=O) groups excluding carboxylic acids is 2. The van der Waals surface area contributed by atoms with Crippen LogP contribution in [-0.2, 0) is 26.2 Å². The molecule has 2 amide bonds. The van der Waals surface area contributed by atoms with Crippen molar-refractivity contribution in [1.82, 2.24) is 10.2 Å². The predicted octanol–water partition coefficient (Wildman–Crippen LogP) is 6.23. The van der Waals surface area contributed by atoms with Crippen LogP contribution in [0.2, 0.25) is 10.0 Å². The van der Waals surface area contributed by atoms with E-state index in [1.807, 2.05) is 20.8 Å². The minimum atomic E-state index is -4.24. The third-order valence-corrected chi connectivity index (χ3v) is 9.50. The quantitative estimate of drug-likeness (QED) is 0.241. The Bertz CT molecular complexity index is 1480. The van der Waals surface area contributed by atoms with E-state index in [1.165, 1.54) is 24.1 Å². The normalized spacial score (nSPS) is 12.7. The van der Waals surface area contributed by atoms with Crippen LogP contribution >= 0.6 is 23.2 Å². The van der Waals surface area contributed by atoms with Crippen LogP contribution in [0, 0.1) is 6.92 Å². The lowest BCUT2D eigenvalue weighted by Gasteiger charge is -2.34. The highest BCUT2D eigenvalue weighted by Crippen LogP contribution is 2.33. The number of benzene rings is 3. The number of anilines is 1. The van der Waals surface area contributed by atoms with Crippen LogP contribution in [0.4, 0.5) is 5.69 Å². The van der Waals surface area contributed by atoms with E-state index in [0.29, 0.717) is 22.0 Å². The van der Waals surface area contributed by atoms with Gasteiger partial charge in [0.25, 0.3) is 10.0 Å². The molecule has 0 radical (unpaired) electrons. The summed E-state index contributed by atoms with van der Waals surface area (Å²) in [5.41, 5.74) is 1.52. The summed E-state index contributed by atoms with van der Waals surface area (Å²) in [6, 6.07) is 16.9. The molecule has 0 heterocycles. The van der Waals surface area contributed by atoms with E-state index in [9.17, 15) is 18.0 Å². The first kappa shape index (κ1) is 33.2. The number of carbonyl (C=O) groups is 2. The lowest BCUT2D eigenvalue weighted by atomic mass is 10.1. The van der Waals surface area contributed by atoms with Crippen molar-refractivity contribution in [3.8, 4) is 5.75 Å². The van der Waals surface area contributed by atoms with Gasteiger partial charge in [-0.25, -0.2) is 8.42 Å². The molecule has 0 fully saturated rings. The Morgan fingerprint density at radius 3 is 2.12 bits per heavy atom.